The third kappa shape index (κ3) is 3.76. The van der Waals surface area contributed by atoms with E-state index < -0.39 is 0 Å². The van der Waals surface area contributed by atoms with Gasteiger partial charge in [0.05, 0.1) is 5.69 Å². The van der Waals surface area contributed by atoms with E-state index in [4.69, 9.17) is 4.98 Å². The molecule has 0 unspecified atom stereocenters. The van der Waals surface area contributed by atoms with Crippen LogP contribution in [0.3, 0.4) is 0 Å². The third-order valence-electron chi connectivity index (χ3n) is 3.50. The van der Waals surface area contributed by atoms with Crippen molar-refractivity contribution in [2.45, 2.75) is 37.2 Å². The second-order valence-corrected chi connectivity index (χ2v) is 7.49. The molecule has 0 N–H and O–H groups in total. The van der Waals surface area contributed by atoms with Crippen LogP contribution in [-0.4, -0.2) is 19.7 Å². The van der Waals surface area contributed by atoms with Crippen LogP contribution in [0.4, 0.5) is 0 Å². The van der Waals surface area contributed by atoms with Crippen LogP contribution in [0.5, 0.6) is 0 Å². The van der Waals surface area contributed by atoms with Gasteiger partial charge in [0.25, 0.3) is 0 Å². The highest BCUT2D eigenvalue weighted by atomic mass is 32.2. The fourth-order valence-corrected chi connectivity index (χ4v) is 4.14. The number of rotatable bonds is 7. The van der Waals surface area contributed by atoms with E-state index in [1.54, 1.807) is 23.1 Å². The predicted octanol–water partition coefficient (Wildman–Crippen LogP) is 5.00. The zero-order valence-electron chi connectivity index (χ0n) is 13.8. The van der Waals surface area contributed by atoms with Gasteiger partial charge in [0.15, 0.2) is 5.16 Å². The molecule has 0 saturated carbocycles. The molecule has 4 nitrogen and oxygen atoms in total. The molecule has 0 fully saturated rings. The lowest BCUT2D eigenvalue weighted by Gasteiger charge is -2.09. The molecular weight excluding hydrogens is 336 g/mol. The van der Waals surface area contributed by atoms with Crippen molar-refractivity contribution in [3.05, 3.63) is 59.9 Å². The number of thiazole rings is 1. The van der Waals surface area contributed by atoms with Crippen molar-refractivity contribution in [2.24, 2.45) is 0 Å². The normalized spacial score (nSPS) is 11.1. The number of allylic oxidation sites excluding steroid dienone is 1. The van der Waals surface area contributed by atoms with Gasteiger partial charge in [0.2, 0.25) is 0 Å². The van der Waals surface area contributed by atoms with Gasteiger partial charge in [-0.15, -0.1) is 28.1 Å². The summed E-state index contributed by atoms with van der Waals surface area (Å²) in [7, 11) is 0. The van der Waals surface area contributed by atoms with Crippen molar-refractivity contribution in [3.8, 4) is 10.6 Å². The maximum atomic E-state index is 4.73. The highest BCUT2D eigenvalue weighted by Crippen LogP contribution is 2.28. The number of hydrogen-bond donors (Lipinski definition) is 0. The van der Waals surface area contributed by atoms with Crippen LogP contribution in [0.25, 0.3) is 10.6 Å². The second-order valence-electron chi connectivity index (χ2n) is 5.69. The summed E-state index contributed by atoms with van der Waals surface area (Å²) in [5, 5.41) is 12.8. The Morgan fingerprint density at radius 3 is 2.75 bits per heavy atom. The van der Waals surface area contributed by atoms with Crippen molar-refractivity contribution in [3.63, 3.8) is 0 Å². The Balaban J connectivity index is 1.72. The summed E-state index contributed by atoms with van der Waals surface area (Å²) >= 11 is 3.35. The molecule has 1 aromatic carbocycles. The average molecular weight is 357 g/mol. The van der Waals surface area contributed by atoms with Gasteiger partial charge in [-0.1, -0.05) is 62.0 Å². The molecule has 0 saturated heterocycles. The SMILES string of the molecule is C=CCn1c(SCc2csc(-c3ccccc3)n2)nnc1C(C)C. The van der Waals surface area contributed by atoms with Crippen molar-refractivity contribution in [2.75, 3.05) is 0 Å². The van der Waals surface area contributed by atoms with Crippen LogP contribution in [0, 0.1) is 0 Å². The fraction of sp³-hybridized carbons (Fsp3) is 0.278. The predicted molar refractivity (Wildman–Crippen MR) is 101 cm³/mol. The standard InChI is InChI=1S/C18H20N4S2/c1-4-10-22-16(13(2)3)20-21-18(22)24-12-15-11-23-17(19-15)14-8-6-5-7-9-14/h4-9,11,13H,1,10,12H2,2-3H3. The van der Waals surface area contributed by atoms with Crippen LogP contribution >= 0.6 is 23.1 Å². The molecule has 0 spiro atoms. The minimum atomic E-state index is 0.343. The molecular formula is C18H20N4S2. The number of nitrogens with zero attached hydrogens (tertiary/aromatic N) is 4. The highest BCUT2D eigenvalue weighted by molar-refractivity contribution is 7.98. The molecule has 2 aromatic heterocycles. The Kier molecular flexibility index (Phi) is 5.48. The first-order valence-corrected chi connectivity index (χ1v) is 9.72. The molecule has 0 bridgehead atoms. The monoisotopic (exact) mass is 356 g/mol. The molecule has 0 aliphatic heterocycles. The van der Waals surface area contributed by atoms with E-state index in [0.29, 0.717) is 5.92 Å². The maximum Gasteiger partial charge on any atom is 0.191 e. The highest BCUT2D eigenvalue weighted by Gasteiger charge is 2.15. The molecule has 124 valence electrons. The van der Waals surface area contributed by atoms with Crippen molar-refractivity contribution in [1.29, 1.82) is 0 Å². The van der Waals surface area contributed by atoms with Gasteiger partial charge in [0, 0.05) is 29.2 Å². The van der Waals surface area contributed by atoms with E-state index in [1.165, 1.54) is 0 Å². The first kappa shape index (κ1) is 16.9. The van der Waals surface area contributed by atoms with E-state index in [1.807, 2.05) is 24.3 Å². The van der Waals surface area contributed by atoms with Crippen LogP contribution in [0.15, 0.2) is 53.5 Å². The zero-order valence-corrected chi connectivity index (χ0v) is 15.5. The van der Waals surface area contributed by atoms with Gasteiger partial charge in [0.1, 0.15) is 10.8 Å². The quantitative estimate of drug-likeness (QED) is 0.441. The Labute approximate surface area is 150 Å². The molecule has 3 rings (SSSR count). The van der Waals surface area contributed by atoms with E-state index in [2.05, 4.69) is 52.7 Å². The molecule has 3 aromatic rings. The van der Waals surface area contributed by atoms with Gasteiger partial charge in [-0.05, 0) is 0 Å². The summed E-state index contributed by atoms with van der Waals surface area (Å²) in [4.78, 5) is 4.73. The maximum absolute atomic E-state index is 4.73. The number of thioether (sulfide) groups is 1. The summed E-state index contributed by atoms with van der Waals surface area (Å²) in [6.07, 6.45) is 1.88. The van der Waals surface area contributed by atoms with Crippen LogP contribution in [0.1, 0.15) is 31.3 Å². The van der Waals surface area contributed by atoms with Crippen LogP contribution < -0.4 is 0 Å². The van der Waals surface area contributed by atoms with E-state index in [-0.39, 0.29) is 0 Å². The Morgan fingerprint density at radius 2 is 2.04 bits per heavy atom. The van der Waals surface area contributed by atoms with Crippen molar-refractivity contribution in [1.82, 2.24) is 19.7 Å². The van der Waals surface area contributed by atoms with Gasteiger partial charge in [-0.2, -0.15) is 0 Å². The Hall–Kier alpha value is -1.92. The summed E-state index contributed by atoms with van der Waals surface area (Å²) < 4.78 is 2.13. The lowest BCUT2D eigenvalue weighted by molar-refractivity contribution is 0.641. The van der Waals surface area contributed by atoms with Gasteiger partial charge >= 0.3 is 0 Å². The topological polar surface area (TPSA) is 43.6 Å². The number of aromatic nitrogens is 4. The zero-order chi connectivity index (χ0) is 16.9. The molecule has 6 heteroatoms. The van der Waals surface area contributed by atoms with Crippen molar-refractivity contribution >= 4 is 23.1 Å². The van der Waals surface area contributed by atoms with Crippen molar-refractivity contribution < 1.29 is 0 Å². The van der Waals surface area contributed by atoms with E-state index >= 15 is 0 Å². The molecule has 0 radical (unpaired) electrons. The lowest BCUT2D eigenvalue weighted by Crippen LogP contribution is -2.05. The smallest absolute Gasteiger partial charge is 0.191 e. The fourth-order valence-electron chi connectivity index (χ4n) is 2.36. The number of hydrogen-bond acceptors (Lipinski definition) is 5. The minimum absolute atomic E-state index is 0.343. The van der Waals surface area contributed by atoms with Gasteiger partial charge < -0.3 is 4.57 Å². The molecule has 2 heterocycles. The average Bonchev–Trinajstić information content (AvgIpc) is 3.21. The Bertz CT molecular complexity index is 806. The van der Waals surface area contributed by atoms with Crippen LogP contribution in [-0.2, 0) is 12.3 Å². The molecule has 24 heavy (non-hydrogen) atoms. The summed E-state index contributed by atoms with van der Waals surface area (Å²) in [5.41, 5.74) is 2.23. The molecule has 0 aliphatic carbocycles. The van der Waals surface area contributed by atoms with Gasteiger partial charge in [-0.3, -0.25) is 0 Å². The summed E-state index contributed by atoms with van der Waals surface area (Å²) in [5.74, 6) is 2.13. The Morgan fingerprint density at radius 1 is 1.25 bits per heavy atom. The van der Waals surface area contributed by atoms with Crippen LogP contribution in [0.2, 0.25) is 0 Å². The first-order valence-electron chi connectivity index (χ1n) is 7.85. The third-order valence-corrected chi connectivity index (χ3v) is 5.44. The van der Waals surface area contributed by atoms with Gasteiger partial charge in [-0.25, -0.2) is 4.98 Å². The lowest BCUT2D eigenvalue weighted by atomic mass is 10.2. The summed E-state index contributed by atoms with van der Waals surface area (Å²) in [6.45, 7) is 8.83. The minimum Gasteiger partial charge on any atom is -0.302 e. The second kappa shape index (κ2) is 7.77. The van der Waals surface area contributed by atoms with E-state index in [9.17, 15) is 0 Å². The van der Waals surface area contributed by atoms with E-state index in [0.717, 1.165) is 39.5 Å². The largest absolute Gasteiger partial charge is 0.302 e. The molecule has 0 atom stereocenters. The first-order chi connectivity index (χ1) is 11.7. The molecule has 0 aliphatic rings. The molecule has 0 amide bonds. The summed E-state index contributed by atoms with van der Waals surface area (Å²) in [6, 6.07) is 10.3. The number of benzene rings is 1.